The zero-order valence-corrected chi connectivity index (χ0v) is 21.3. The van der Waals surface area contributed by atoms with E-state index >= 15 is 0 Å². The van der Waals surface area contributed by atoms with E-state index in [1.54, 1.807) is 54.9 Å². The highest BCUT2D eigenvalue weighted by molar-refractivity contribution is 7.93. The fourth-order valence-electron chi connectivity index (χ4n) is 3.57. The van der Waals surface area contributed by atoms with Crippen LogP contribution in [-0.2, 0) is 14.8 Å². The van der Waals surface area contributed by atoms with Crippen LogP contribution in [0.2, 0.25) is 0 Å². The number of anilines is 1. The van der Waals surface area contributed by atoms with Crippen LogP contribution in [-0.4, -0.2) is 57.6 Å². The molecule has 0 aliphatic carbocycles. The second-order valence-electron chi connectivity index (χ2n) is 8.04. The Bertz CT molecular complexity index is 1550. The molecule has 0 aliphatic heterocycles. The van der Waals surface area contributed by atoms with E-state index < -0.39 is 21.4 Å². The summed E-state index contributed by atoms with van der Waals surface area (Å²) in [6.45, 7) is 3.32. The summed E-state index contributed by atoms with van der Waals surface area (Å²) in [6, 6.07) is 13.8. The molecule has 0 fully saturated rings. The summed E-state index contributed by atoms with van der Waals surface area (Å²) >= 11 is 0. The minimum Gasteiger partial charge on any atom is -0.481 e. The predicted octanol–water partition coefficient (Wildman–Crippen LogP) is 2.83. The lowest BCUT2D eigenvalue weighted by Crippen LogP contribution is -2.33. The first-order valence-corrected chi connectivity index (χ1v) is 12.6. The van der Waals surface area contributed by atoms with Gasteiger partial charge in [-0.05, 0) is 43.7 Å². The second-order valence-corrected chi connectivity index (χ2v) is 10.1. The van der Waals surface area contributed by atoms with E-state index in [2.05, 4.69) is 35.9 Å². The van der Waals surface area contributed by atoms with Crippen LogP contribution in [0.15, 0.2) is 54.9 Å². The molecule has 4 rings (SSSR count). The normalized spacial score (nSPS) is 12.9. The number of hydrogen-bond acceptors (Lipinski definition) is 10. The van der Waals surface area contributed by atoms with E-state index in [1.165, 1.54) is 25.7 Å². The number of ether oxygens (including phenoxy) is 2. The minimum atomic E-state index is -4.10. The van der Waals surface area contributed by atoms with Crippen LogP contribution in [0.3, 0.4) is 0 Å². The smallest absolute Gasteiger partial charge is 0.243 e. The SMILES string of the molecule is COc1cccc(-c2nnc(NS(=O)(=O)C(C)C(OC)c3ncc(C)cn3)n2-c2cccc(C#N)c2)n1. The molecule has 0 spiro atoms. The van der Waals surface area contributed by atoms with Crippen molar-refractivity contribution >= 4 is 16.0 Å². The summed E-state index contributed by atoms with van der Waals surface area (Å²) in [5.41, 5.74) is 2.04. The Balaban J connectivity index is 1.78. The van der Waals surface area contributed by atoms with Crippen molar-refractivity contribution in [3.63, 3.8) is 0 Å². The van der Waals surface area contributed by atoms with E-state index in [9.17, 15) is 13.7 Å². The van der Waals surface area contributed by atoms with Crippen molar-refractivity contribution in [1.82, 2.24) is 29.7 Å². The van der Waals surface area contributed by atoms with E-state index in [0.29, 0.717) is 22.8 Å². The molecule has 0 radical (unpaired) electrons. The number of nitriles is 1. The van der Waals surface area contributed by atoms with Crippen molar-refractivity contribution in [2.45, 2.75) is 25.2 Å². The third kappa shape index (κ3) is 5.40. The van der Waals surface area contributed by atoms with Crippen molar-refractivity contribution < 1.29 is 17.9 Å². The fourth-order valence-corrected chi connectivity index (χ4v) is 4.70. The number of aromatic nitrogens is 6. The quantitative estimate of drug-likeness (QED) is 0.348. The van der Waals surface area contributed by atoms with Gasteiger partial charge < -0.3 is 9.47 Å². The molecule has 2 unspecified atom stereocenters. The zero-order chi connectivity index (χ0) is 26.6. The van der Waals surface area contributed by atoms with E-state index in [1.807, 2.05) is 6.92 Å². The number of hydrogen-bond donors (Lipinski definition) is 1. The molecule has 13 heteroatoms. The van der Waals surface area contributed by atoms with Gasteiger partial charge in [-0.25, -0.2) is 23.4 Å². The fraction of sp³-hybridized carbons (Fsp3) is 0.250. The van der Waals surface area contributed by atoms with Gasteiger partial charge in [0.15, 0.2) is 11.6 Å². The molecule has 2 atom stereocenters. The van der Waals surface area contributed by atoms with E-state index in [4.69, 9.17) is 9.47 Å². The minimum absolute atomic E-state index is 0.0961. The van der Waals surface area contributed by atoms with Gasteiger partial charge in [0.25, 0.3) is 0 Å². The number of rotatable bonds is 9. The van der Waals surface area contributed by atoms with Crippen LogP contribution in [0.5, 0.6) is 5.88 Å². The van der Waals surface area contributed by atoms with Gasteiger partial charge in [-0.15, -0.1) is 10.2 Å². The molecular formula is C24H24N8O4S. The van der Waals surface area contributed by atoms with Crippen molar-refractivity contribution in [1.29, 1.82) is 5.26 Å². The van der Waals surface area contributed by atoms with Crippen LogP contribution in [0.1, 0.15) is 30.0 Å². The third-order valence-electron chi connectivity index (χ3n) is 5.52. The molecule has 3 heterocycles. The number of benzene rings is 1. The Morgan fingerprint density at radius 3 is 2.49 bits per heavy atom. The van der Waals surface area contributed by atoms with Gasteiger partial charge in [0.2, 0.25) is 21.9 Å². The first-order valence-electron chi connectivity index (χ1n) is 11.1. The lowest BCUT2D eigenvalue weighted by Gasteiger charge is -2.22. The number of aryl methyl sites for hydroxylation is 1. The number of sulfonamides is 1. The molecule has 190 valence electrons. The Morgan fingerprint density at radius 1 is 1.08 bits per heavy atom. The molecule has 1 aromatic carbocycles. The van der Waals surface area contributed by atoms with Crippen LogP contribution in [0, 0.1) is 18.3 Å². The maximum Gasteiger partial charge on any atom is 0.243 e. The molecule has 3 aromatic heterocycles. The monoisotopic (exact) mass is 520 g/mol. The van der Waals surface area contributed by atoms with Crippen molar-refractivity contribution in [3.8, 4) is 29.2 Å². The Morgan fingerprint density at radius 2 is 1.81 bits per heavy atom. The Kier molecular flexibility index (Phi) is 7.42. The summed E-state index contributed by atoms with van der Waals surface area (Å²) in [5.74, 6) is 0.718. The molecule has 12 nitrogen and oxygen atoms in total. The molecule has 0 aliphatic rings. The predicted molar refractivity (Wildman–Crippen MR) is 134 cm³/mol. The van der Waals surface area contributed by atoms with Crippen LogP contribution < -0.4 is 9.46 Å². The van der Waals surface area contributed by atoms with E-state index in [0.717, 1.165) is 5.56 Å². The van der Waals surface area contributed by atoms with Gasteiger partial charge >= 0.3 is 0 Å². The highest BCUT2D eigenvalue weighted by atomic mass is 32.2. The number of nitrogens with zero attached hydrogens (tertiary/aromatic N) is 7. The molecule has 0 saturated heterocycles. The molecule has 0 saturated carbocycles. The molecule has 4 aromatic rings. The summed E-state index contributed by atoms with van der Waals surface area (Å²) in [4.78, 5) is 12.8. The molecule has 0 bridgehead atoms. The summed E-state index contributed by atoms with van der Waals surface area (Å²) in [7, 11) is -1.22. The first kappa shape index (κ1) is 25.7. The maximum absolute atomic E-state index is 13.5. The zero-order valence-electron chi connectivity index (χ0n) is 20.5. The highest BCUT2D eigenvalue weighted by Gasteiger charge is 2.34. The lowest BCUT2D eigenvalue weighted by atomic mass is 10.2. The van der Waals surface area contributed by atoms with Gasteiger partial charge in [0, 0.05) is 25.6 Å². The van der Waals surface area contributed by atoms with Gasteiger partial charge in [0.05, 0.1) is 24.4 Å². The standard InChI is InChI=1S/C24H24N8O4S/c1-15-13-26-22(27-14-15)21(36-4)16(2)37(33,34)31-24-30-29-23(19-9-6-10-20(28-19)35-3)32(24)18-8-5-7-17(11-18)12-25/h5-11,13-14,16,21H,1-4H3,(H,30,31). The summed E-state index contributed by atoms with van der Waals surface area (Å²) < 4.78 is 41.6. The Labute approximate surface area is 214 Å². The van der Waals surface area contributed by atoms with Gasteiger partial charge in [-0.2, -0.15) is 5.26 Å². The molecule has 1 N–H and O–H groups in total. The lowest BCUT2D eigenvalue weighted by molar-refractivity contribution is 0.0949. The average molecular weight is 521 g/mol. The van der Waals surface area contributed by atoms with Crippen LogP contribution in [0.4, 0.5) is 5.95 Å². The number of methoxy groups -OCH3 is 2. The van der Waals surface area contributed by atoms with Crippen molar-refractivity contribution in [2.75, 3.05) is 18.9 Å². The van der Waals surface area contributed by atoms with Gasteiger partial charge in [0.1, 0.15) is 17.0 Å². The highest BCUT2D eigenvalue weighted by Crippen LogP contribution is 2.29. The second kappa shape index (κ2) is 10.7. The van der Waals surface area contributed by atoms with Crippen LogP contribution in [0.25, 0.3) is 17.2 Å². The maximum atomic E-state index is 13.5. The van der Waals surface area contributed by atoms with E-state index in [-0.39, 0.29) is 17.6 Å². The molecule has 0 amide bonds. The first-order chi connectivity index (χ1) is 17.8. The van der Waals surface area contributed by atoms with Crippen molar-refractivity contribution in [3.05, 3.63) is 71.8 Å². The number of pyridine rings is 1. The number of nitrogens with one attached hydrogen (secondary N) is 1. The van der Waals surface area contributed by atoms with Gasteiger partial charge in [-0.3, -0.25) is 9.29 Å². The third-order valence-corrected chi connectivity index (χ3v) is 7.21. The molecule has 37 heavy (non-hydrogen) atoms. The van der Waals surface area contributed by atoms with Crippen LogP contribution >= 0.6 is 0 Å². The van der Waals surface area contributed by atoms with Gasteiger partial charge in [-0.1, -0.05) is 12.1 Å². The average Bonchev–Trinajstić information content (AvgIpc) is 3.33. The van der Waals surface area contributed by atoms with Crippen molar-refractivity contribution in [2.24, 2.45) is 0 Å². The topological polar surface area (TPSA) is 158 Å². The summed E-state index contributed by atoms with van der Waals surface area (Å²) in [5, 5.41) is 16.6. The Hall–Kier alpha value is -4.41. The summed E-state index contributed by atoms with van der Waals surface area (Å²) in [6.07, 6.45) is 2.23. The molecular weight excluding hydrogens is 496 g/mol. The largest absolute Gasteiger partial charge is 0.481 e.